The molecule has 2 N–H and O–H groups in total. The highest BCUT2D eigenvalue weighted by Crippen LogP contribution is 2.09. The molecule has 0 radical (unpaired) electrons. The summed E-state index contributed by atoms with van der Waals surface area (Å²) >= 11 is 0. The monoisotopic (exact) mass is 260 g/mol. The van der Waals surface area contributed by atoms with Crippen molar-refractivity contribution in [1.82, 2.24) is 9.80 Å². The molecule has 0 aliphatic heterocycles. The van der Waals surface area contributed by atoms with E-state index in [0.717, 1.165) is 13.1 Å². The first-order valence-corrected chi connectivity index (χ1v) is 7.08. The number of aliphatic hydroxyl groups excluding tert-OH is 2. The smallest absolute Gasteiger partial charge is 0.0584 e. The molecule has 2 unspecified atom stereocenters. The second-order valence-electron chi connectivity index (χ2n) is 5.73. The largest absolute Gasteiger partial charge is 0.395 e. The second kappa shape index (κ2) is 8.86. The van der Waals surface area contributed by atoms with Crippen LogP contribution in [-0.4, -0.2) is 70.5 Å². The van der Waals surface area contributed by atoms with Crippen LogP contribution in [0.5, 0.6) is 0 Å². The van der Waals surface area contributed by atoms with Crippen LogP contribution in [0, 0.1) is 0 Å². The number of nitrogens with zero attached hydrogens (tertiary/aromatic N) is 2. The first kappa shape index (κ1) is 17.8. The molecule has 0 aromatic carbocycles. The van der Waals surface area contributed by atoms with Crippen molar-refractivity contribution in [2.24, 2.45) is 0 Å². The van der Waals surface area contributed by atoms with E-state index in [1.165, 1.54) is 0 Å². The Balaban J connectivity index is 4.49. The van der Waals surface area contributed by atoms with Gasteiger partial charge in [-0.05, 0) is 41.5 Å². The highest BCUT2D eigenvalue weighted by atomic mass is 16.3. The molecule has 0 spiro atoms. The summed E-state index contributed by atoms with van der Waals surface area (Å²) in [6.45, 7) is 14.9. The van der Waals surface area contributed by atoms with E-state index >= 15 is 0 Å². The van der Waals surface area contributed by atoms with E-state index in [0.29, 0.717) is 12.1 Å². The normalized spacial score (nSPS) is 16.0. The lowest BCUT2D eigenvalue weighted by Gasteiger charge is -2.37. The molecule has 0 fully saturated rings. The lowest BCUT2D eigenvalue weighted by atomic mass is 10.2. The molecule has 110 valence electrons. The van der Waals surface area contributed by atoms with Gasteiger partial charge in [0.05, 0.1) is 13.2 Å². The molecule has 4 nitrogen and oxygen atoms in total. The van der Waals surface area contributed by atoms with Crippen LogP contribution in [-0.2, 0) is 0 Å². The van der Waals surface area contributed by atoms with E-state index in [2.05, 4.69) is 37.5 Å². The van der Waals surface area contributed by atoms with Crippen LogP contribution in [0.2, 0.25) is 0 Å². The molecule has 0 saturated carbocycles. The Morgan fingerprint density at radius 1 is 0.667 bits per heavy atom. The van der Waals surface area contributed by atoms with Crippen LogP contribution in [0.25, 0.3) is 0 Å². The zero-order valence-corrected chi connectivity index (χ0v) is 12.9. The van der Waals surface area contributed by atoms with E-state index in [9.17, 15) is 10.2 Å². The van der Waals surface area contributed by atoms with Crippen LogP contribution in [0.4, 0.5) is 0 Å². The number of aliphatic hydroxyl groups is 2. The van der Waals surface area contributed by atoms with Crippen LogP contribution in [0.3, 0.4) is 0 Å². The van der Waals surface area contributed by atoms with Gasteiger partial charge < -0.3 is 10.2 Å². The fourth-order valence-electron chi connectivity index (χ4n) is 2.43. The minimum absolute atomic E-state index is 0.0910. The van der Waals surface area contributed by atoms with Crippen molar-refractivity contribution < 1.29 is 10.2 Å². The van der Waals surface area contributed by atoms with E-state index in [1.807, 2.05) is 13.8 Å². The standard InChI is InChI=1S/C14H32N2O2/c1-11(2)15(12(3)4)7-8-16(13(5)9-17)14(6)10-18/h11-14,17-18H,7-10H2,1-6H3. The summed E-state index contributed by atoms with van der Waals surface area (Å²) in [4.78, 5) is 4.61. The van der Waals surface area contributed by atoms with Gasteiger partial charge in [-0.1, -0.05) is 0 Å². The molecule has 0 bridgehead atoms. The summed E-state index contributed by atoms with van der Waals surface area (Å²) in [5.74, 6) is 0. The molecular weight excluding hydrogens is 228 g/mol. The predicted octanol–water partition coefficient (Wildman–Crippen LogP) is 1.17. The third kappa shape index (κ3) is 5.65. The summed E-state index contributed by atoms with van der Waals surface area (Å²) < 4.78 is 0. The Labute approximate surface area is 113 Å². The van der Waals surface area contributed by atoms with Crippen LogP contribution < -0.4 is 0 Å². The SMILES string of the molecule is CC(C)N(CCN(C(C)CO)C(C)CO)C(C)C. The van der Waals surface area contributed by atoms with Gasteiger partial charge in [0, 0.05) is 37.3 Å². The molecule has 0 aromatic heterocycles. The van der Waals surface area contributed by atoms with Gasteiger partial charge in [-0.15, -0.1) is 0 Å². The topological polar surface area (TPSA) is 46.9 Å². The van der Waals surface area contributed by atoms with Crippen molar-refractivity contribution in [3.63, 3.8) is 0 Å². The molecule has 0 aromatic rings. The van der Waals surface area contributed by atoms with E-state index in [4.69, 9.17) is 0 Å². The van der Waals surface area contributed by atoms with Crippen molar-refractivity contribution in [2.75, 3.05) is 26.3 Å². The highest BCUT2D eigenvalue weighted by Gasteiger charge is 2.21. The minimum Gasteiger partial charge on any atom is -0.395 e. The summed E-state index contributed by atoms with van der Waals surface area (Å²) in [6, 6.07) is 1.21. The average Bonchev–Trinajstić information content (AvgIpc) is 2.31. The summed E-state index contributed by atoms with van der Waals surface area (Å²) in [6.07, 6.45) is 0. The predicted molar refractivity (Wildman–Crippen MR) is 76.8 cm³/mol. The maximum Gasteiger partial charge on any atom is 0.0584 e. The fourth-order valence-corrected chi connectivity index (χ4v) is 2.43. The Kier molecular flexibility index (Phi) is 8.78. The lowest BCUT2D eigenvalue weighted by molar-refractivity contribution is 0.0498. The van der Waals surface area contributed by atoms with Crippen LogP contribution in [0.15, 0.2) is 0 Å². The van der Waals surface area contributed by atoms with Gasteiger partial charge in [0.1, 0.15) is 0 Å². The van der Waals surface area contributed by atoms with Gasteiger partial charge >= 0.3 is 0 Å². The summed E-state index contributed by atoms with van der Waals surface area (Å²) in [5.41, 5.74) is 0. The first-order chi connectivity index (χ1) is 8.34. The van der Waals surface area contributed by atoms with Crippen molar-refractivity contribution in [3.8, 4) is 0 Å². The maximum atomic E-state index is 9.30. The third-order valence-corrected chi connectivity index (χ3v) is 3.60. The molecule has 0 saturated heterocycles. The lowest BCUT2D eigenvalue weighted by Crippen LogP contribution is -2.49. The summed E-state index contributed by atoms with van der Waals surface area (Å²) in [7, 11) is 0. The molecular formula is C14H32N2O2. The van der Waals surface area contributed by atoms with Crippen molar-refractivity contribution >= 4 is 0 Å². The van der Waals surface area contributed by atoms with Crippen molar-refractivity contribution in [3.05, 3.63) is 0 Å². The molecule has 2 atom stereocenters. The van der Waals surface area contributed by atoms with Gasteiger partial charge in [-0.2, -0.15) is 0 Å². The van der Waals surface area contributed by atoms with Crippen LogP contribution >= 0.6 is 0 Å². The van der Waals surface area contributed by atoms with E-state index < -0.39 is 0 Å². The van der Waals surface area contributed by atoms with Crippen molar-refractivity contribution in [2.45, 2.75) is 65.7 Å². The Bertz CT molecular complexity index is 192. The van der Waals surface area contributed by atoms with Gasteiger partial charge in [-0.3, -0.25) is 9.80 Å². The zero-order chi connectivity index (χ0) is 14.3. The Morgan fingerprint density at radius 2 is 1.00 bits per heavy atom. The second-order valence-corrected chi connectivity index (χ2v) is 5.73. The zero-order valence-electron chi connectivity index (χ0n) is 12.9. The molecule has 0 rings (SSSR count). The number of hydrogen-bond acceptors (Lipinski definition) is 4. The van der Waals surface area contributed by atoms with Gasteiger partial charge in [-0.25, -0.2) is 0 Å². The molecule has 0 aliphatic rings. The highest BCUT2D eigenvalue weighted by molar-refractivity contribution is 4.76. The first-order valence-electron chi connectivity index (χ1n) is 7.08. The molecule has 4 heteroatoms. The Morgan fingerprint density at radius 3 is 1.28 bits per heavy atom. The van der Waals surface area contributed by atoms with Crippen LogP contribution in [0.1, 0.15) is 41.5 Å². The third-order valence-electron chi connectivity index (χ3n) is 3.60. The molecule has 0 aliphatic carbocycles. The van der Waals surface area contributed by atoms with Gasteiger partial charge in [0.25, 0.3) is 0 Å². The fraction of sp³-hybridized carbons (Fsp3) is 1.00. The summed E-state index contributed by atoms with van der Waals surface area (Å²) in [5, 5.41) is 18.6. The van der Waals surface area contributed by atoms with E-state index in [1.54, 1.807) is 0 Å². The quantitative estimate of drug-likeness (QED) is 0.653. The van der Waals surface area contributed by atoms with E-state index in [-0.39, 0.29) is 25.3 Å². The Hall–Kier alpha value is -0.160. The van der Waals surface area contributed by atoms with Gasteiger partial charge in [0.2, 0.25) is 0 Å². The minimum atomic E-state index is 0.0910. The van der Waals surface area contributed by atoms with Gasteiger partial charge in [0.15, 0.2) is 0 Å². The number of rotatable bonds is 9. The molecule has 0 heterocycles. The molecule has 0 amide bonds. The molecule has 18 heavy (non-hydrogen) atoms. The number of hydrogen-bond donors (Lipinski definition) is 2. The van der Waals surface area contributed by atoms with Crippen molar-refractivity contribution in [1.29, 1.82) is 0 Å². The average molecular weight is 260 g/mol. The maximum absolute atomic E-state index is 9.30.